The molecule has 0 unspecified atom stereocenters. The average molecular weight is 416 g/mol. The van der Waals surface area contributed by atoms with Gasteiger partial charge in [-0.15, -0.1) is 0 Å². The predicted octanol–water partition coefficient (Wildman–Crippen LogP) is 4.58. The van der Waals surface area contributed by atoms with Crippen LogP contribution in [0.2, 0.25) is 0 Å². The fourth-order valence-corrected chi connectivity index (χ4v) is 5.02. The number of rotatable bonds is 3. The zero-order valence-electron chi connectivity index (χ0n) is 17.6. The molecule has 0 amide bonds. The summed E-state index contributed by atoms with van der Waals surface area (Å²) in [6.45, 7) is 4.46. The zero-order valence-corrected chi connectivity index (χ0v) is 17.6. The molecule has 6 rings (SSSR count). The molecule has 5 nitrogen and oxygen atoms in total. The molecule has 0 spiro atoms. The van der Waals surface area contributed by atoms with Crippen LogP contribution in [0.15, 0.2) is 60.7 Å². The summed E-state index contributed by atoms with van der Waals surface area (Å²) in [4.78, 5) is 0. The van der Waals surface area contributed by atoms with Gasteiger partial charge in [-0.1, -0.05) is 42.5 Å². The number of para-hydroxylation sites is 1. The van der Waals surface area contributed by atoms with E-state index in [1.165, 1.54) is 0 Å². The summed E-state index contributed by atoms with van der Waals surface area (Å²) in [7, 11) is 0. The van der Waals surface area contributed by atoms with Gasteiger partial charge in [-0.3, -0.25) is 0 Å². The van der Waals surface area contributed by atoms with Crippen molar-refractivity contribution in [1.29, 1.82) is 0 Å². The van der Waals surface area contributed by atoms with E-state index in [0.717, 1.165) is 33.8 Å². The highest BCUT2D eigenvalue weighted by atomic mass is 16.7. The first-order chi connectivity index (χ1) is 14.9. The summed E-state index contributed by atoms with van der Waals surface area (Å²) in [5.74, 6) is 1.96. The third-order valence-electron chi connectivity index (χ3n) is 6.29. The maximum atomic E-state index is 11.5. The van der Waals surface area contributed by atoms with Gasteiger partial charge in [-0.25, -0.2) is 0 Å². The lowest BCUT2D eigenvalue weighted by atomic mass is 9.80. The molecule has 31 heavy (non-hydrogen) atoms. The van der Waals surface area contributed by atoms with E-state index >= 15 is 0 Å². The molecule has 2 atom stereocenters. The predicted molar refractivity (Wildman–Crippen MR) is 115 cm³/mol. The van der Waals surface area contributed by atoms with Crippen LogP contribution in [0.4, 0.5) is 0 Å². The van der Waals surface area contributed by atoms with Crippen molar-refractivity contribution < 1.29 is 24.1 Å². The lowest BCUT2D eigenvalue weighted by Crippen LogP contribution is -2.44. The van der Waals surface area contributed by atoms with Gasteiger partial charge in [-0.05, 0) is 34.9 Å². The SMILES string of the molecule is CC1(C)Oc2cc3c(cc2O1)[C@@H]1c2cccc(OCc4ccccc4)c2OC[C@]1(O)C3. The molecule has 2 heterocycles. The minimum atomic E-state index is -1.00. The third-order valence-corrected chi connectivity index (χ3v) is 6.29. The molecule has 1 aliphatic carbocycles. The van der Waals surface area contributed by atoms with Gasteiger partial charge in [0, 0.05) is 31.7 Å². The van der Waals surface area contributed by atoms with Gasteiger partial charge in [0.05, 0.1) is 0 Å². The van der Waals surface area contributed by atoms with Crippen LogP contribution in [0.25, 0.3) is 0 Å². The summed E-state index contributed by atoms with van der Waals surface area (Å²) in [5, 5.41) is 11.5. The second kappa shape index (κ2) is 6.41. The molecular weight excluding hydrogens is 392 g/mol. The Morgan fingerprint density at radius 1 is 0.968 bits per heavy atom. The van der Waals surface area contributed by atoms with Crippen LogP contribution in [-0.4, -0.2) is 23.1 Å². The normalized spacial score (nSPS) is 24.0. The van der Waals surface area contributed by atoms with E-state index in [2.05, 4.69) is 0 Å². The number of benzene rings is 3. The largest absolute Gasteiger partial charge is 0.486 e. The van der Waals surface area contributed by atoms with E-state index in [0.29, 0.717) is 24.5 Å². The molecule has 5 heteroatoms. The van der Waals surface area contributed by atoms with Crippen LogP contribution in [0, 0.1) is 0 Å². The van der Waals surface area contributed by atoms with Crippen molar-refractivity contribution in [2.24, 2.45) is 0 Å². The van der Waals surface area contributed by atoms with E-state index in [4.69, 9.17) is 18.9 Å². The van der Waals surface area contributed by atoms with Crippen molar-refractivity contribution in [3.8, 4) is 23.0 Å². The van der Waals surface area contributed by atoms with E-state index < -0.39 is 11.4 Å². The van der Waals surface area contributed by atoms with Crippen molar-refractivity contribution in [3.05, 3.63) is 82.9 Å². The second-order valence-electron chi connectivity index (χ2n) is 9.05. The Kier molecular flexibility index (Phi) is 3.84. The standard InChI is InChI=1S/C26H24O5/c1-25(2)30-21-11-17-13-26(27)15-29-24-18(23(26)19(17)12-22(21)31-25)9-6-10-20(24)28-14-16-7-4-3-5-8-16/h3-12,23,27H,13-15H2,1-2H3/t23-,26+/m0/s1. The molecule has 0 radical (unpaired) electrons. The first kappa shape index (κ1) is 18.6. The molecule has 0 saturated heterocycles. The summed E-state index contributed by atoms with van der Waals surface area (Å²) in [5.41, 5.74) is 3.16. The first-order valence-corrected chi connectivity index (χ1v) is 10.6. The van der Waals surface area contributed by atoms with Gasteiger partial charge >= 0.3 is 0 Å². The quantitative estimate of drug-likeness (QED) is 0.677. The molecule has 3 aromatic carbocycles. The van der Waals surface area contributed by atoms with Gasteiger partial charge < -0.3 is 24.1 Å². The van der Waals surface area contributed by atoms with Gasteiger partial charge in [0.25, 0.3) is 0 Å². The minimum Gasteiger partial charge on any atom is -0.486 e. The highest BCUT2D eigenvalue weighted by Crippen LogP contribution is 2.55. The molecule has 0 aromatic heterocycles. The Bertz CT molecular complexity index is 1170. The monoisotopic (exact) mass is 416 g/mol. The lowest BCUT2D eigenvalue weighted by Gasteiger charge is -2.37. The molecule has 2 aliphatic heterocycles. The van der Waals surface area contributed by atoms with E-state index in [1.54, 1.807) is 0 Å². The zero-order chi connectivity index (χ0) is 21.2. The third kappa shape index (κ3) is 2.95. The summed E-state index contributed by atoms with van der Waals surface area (Å²) in [6, 6.07) is 20.0. The van der Waals surface area contributed by atoms with Gasteiger partial charge in [0.2, 0.25) is 5.79 Å². The van der Waals surface area contributed by atoms with Crippen molar-refractivity contribution in [2.75, 3.05) is 6.61 Å². The first-order valence-electron chi connectivity index (χ1n) is 10.6. The fraction of sp³-hybridized carbons (Fsp3) is 0.308. The van der Waals surface area contributed by atoms with Crippen molar-refractivity contribution in [2.45, 2.75) is 44.2 Å². The van der Waals surface area contributed by atoms with Gasteiger partial charge in [0.15, 0.2) is 23.0 Å². The minimum absolute atomic E-state index is 0.205. The van der Waals surface area contributed by atoms with Gasteiger partial charge in [0.1, 0.15) is 18.8 Å². The molecule has 3 aliphatic rings. The Labute approximate surface area is 181 Å². The van der Waals surface area contributed by atoms with Gasteiger partial charge in [-0.2, -0.15) is 0 Å². The Morgan fingerprint density at radius 3 is 2.55 bits per heavy atom. The molecule has 1 N–H and O–H groups in total. The number of hydrogen-bond acceptors (Lipinski definition) is 5. The van der Waals surface area contributed by atoms with E-state index in [9.17, 15) is 5.11 Å². The lowest BCUT2D eigenvalue weighted by molar-refractivity contribution is -0.0434. The van der Waals surface area contributed by atoms with E-state index in [-0.39, 0.29) is 12.5 Å². The molecule has 0 fully saturated rings. The van der Waals surface area contributed by atoms with Crippen molar-refractivity contribution >= 4 is 0 Å². The highest BCUT2D eigenvalue weighted by Gasteiger charge is 2.51. The molecule has 3 aromatic rings. The topological polar surface area (TPSA) is 57.2 Å². The molecule has 158 valence electrons. The smallest absolute Gasteiger partial charge is 0.246 e. The van der Waals surface area contributed by atoms with Crippen LogP contribution in [0.5, 0.6) is 23.0 Å². The Balaban J connectivity index is 1.38. The van der Waals surface area contributed by atoms with Crippen molar-refractivity contribution in [3.63, 3.8) is 0 Å². The number of fused-ring (bicyclic) bond motifs is 6. The Morgan fingerprint density at radius 2 is 1.74 bits per heavy atom. The Hall–Kier alpha value is -3.18. The van der Waals surface area contributed by atoms with Crippen LogP contribution in [0.1, 0.15) is 42.0 Å². The van der Waals surface area contributed by atoms with Crippen molar-refractivity contribution in [1.82, 2.24) is 0 Å². The van der Waals surface area contributed by atoms with Crippen LogP contribution in [0.3, 0.4) is 0 Å². The summed E-state index contributed by atoms with van der Waals surface area (Å²) < 4.78 is 24.1. The second-order valence-corrected chi connectivity index (χ2v) is 9.05. The van der Waals surface area contributed by atoms with Crippen LogP contribution in [-0.2, 0) is 13.0 Å². The number of hydrogen-bond donors (Lipinski definition) is 1. The molecule has 0 bridgehead atoms. The summed E-state index contributed by atoms with van der Waals surface area (Å²) >= 11 is 0. The number of ether oxygens (including phenoxy) is 4. The highest BCUT2D eigenvalue weighted by molar-refractivity contribution is 5.61. The van der Waals surface area contributed by atoms with E-state index in [1.807, 2.05) is 74.5 Å². The van der Waals surface area contributed by atoms with Crippen LogP contribution >= 0.6 is 0 Å². The van der Waals surface area contributed by atoms with Crippen LogP contribution < -0.4 is 18.9 Å². The molecular formula is C26H24O5. The molecule has 0 saturated carbocycles. The maximum absolute atomic E-state index is 11.5. The number of aliphatic hydroxyl groups is 1. The summed E-state index contributed by atoms with van der Waals surface area (Å²) in [6.07, 6.45) is 0.513. The fourth-order valence-electron chi connectivity index (χ4n) is 5.02. The average Bonchev–Trinajstić information content (AvgIpc) is 3.21. The maximum Gasteiger partial charge on any atom is 0.246 e.